The van der Waals surface area contributed by atoms with E-state index in [0.717, 1.165) is 17.9 Å². The minimum Gasteiger partial charge on any atom is -0.263 e. The lowest BCUT2D eigenvalue weighted by Crippen LogP contribution is -1.94. The molecule has 0 bridgehead atoms. The summed E-state index contributed by atoms with van der Waals surface area (Å²) in [6.07, 6.45) is 4.78. The Morgan fingerprint density at radius 1 is 1.38 bits per heavy atom. The molecule has 2 aromatic rings. The minimum atomic E-state index is 0.840. The summed E-state index contributed by atoms with van der Waals surface area (Å²) in [5, 5.41) is 4.30. The van der Waals surface area contributed by atoms with Crippen molar-refractivity contribution in [2.24, 2.45) is 0 Å². The van der Waals surface area contributed by atoms with Crippen LogP contribution < -0.4 is 0 Å². The van der Waals surface area contributed by atoms with Crippen LogP contribution >= 0.6 is 0 Å². The molecule has 65 valence electrons. The van der Waals surface area contributed by atoms with Crippen molar-refractivity contribution < 1.29 is 0 Å². The van der Waals surface area contributed by atoms with Crippen LogP contribution in [0.3, 0.4) is 0 Å². The third kappa shape index (κ3) is 1.59. The molecule has 0 spiro atoms. The molecule has 0 amide bonds. The number of hydrogen-bond acceptors (Lipinski definition) is 2. The third-order valence-electron chi connectivity index (χ3n) is 1.81. The van der Waals surface area contributed by atoms with Gasteiger partial charge in [0.05, 0.1) is 11.9 Å². The summed E-state index contributed by atoms with van der Waals surface area (Å²) in [5.41, 5.74) is 1.77. The smallest absolute Gasteiger partial charge is 0.111 e. The van der Waals surface area contributed by atoms with Gasteiger partial charge in [-0.3, -0.25) is 9.67 Å². The number of aromatic nitrogens is 3. The fraction of sp³-hybridized carbons (Fsp3) is 0.200. The zero-order chi connectivity index (χ0) is 9.10. The van der Waals surface area contributed by atoms with Crippen LogP contribution in [-0.2, 0) is 6.54 Å². The van der Waals surface area contributed by atoms with Gasteiger partial charge in [0, 0.05) is 12.7 Å². The van der Waals surface area contributed by atoms with Crippen LogP contribution in [0.25, 0.3) is 11.4 Å². The van der Waals surface area contributed by atoms with E-state index in [-0.39, 0.29) is 0 Å². The van der Waals surface area contributed by atoms with Gasteiger partial charge >= 0.3 is 0 Å². The Balaban J connectivity index is 2.36. The van der Waals surface area contributed by atoms with Crippen molar-refractivity contribution in [3.05, 3.63) is 36.7 Å². The number of hydrogen-bond donors (Lipinski definition) is 0. The van der Waals surface area contributed by atoms with E-state index in [1.807, 2.05) is 31.2 Å². The molecular formula is C10H10N3. The van der Waals surface area contributed by atoms with Gasteiger partial charge < -0.3 is 0 Å². The van der Waals surface area contributed by atoms with Gasteiger partial charge in [-0.15, -0.1) is 0 Å². The van der Waals surface area contributed by atoms with Crippen molar-refractivity contribution in [3.63, 3.8) is 0 Å². The molecular weight excluding hydrogens is 162 g/mol. The molecule has 2 heterocycles. The van der Waals surface area contributed by atoms with Gasteiger partial charge in [0.1, 0.15) is 5.69 Å². The van der Waals surface area contributed by atoms with Crippen LogP contribution in [0.2, 0.25) is 0 Å². The van der Waals surface area contributed by atoms with E-state index < -0.39 is 0 Å². The predicted molar refractivity (Wildman–Crippen MR) is 50.0 cm³/mol. The minimum absolute atomic E-state index is 0.840. The van der Waals surface area contributed by atoms with Crippen molar-refractivity contribution in [2.75, 3.05) is 0 Å². The lowest BCUT2D eigenvalue weighted by atomic mass is 10.3. The first-order valence-electron chi connectivity index (χ1n) is 4.27. The Hall–Kier alpha value is -1.64. The Bertz CT molecular complexity index is 378. The van der Waals surface area contributed by atoms with Crippen molar-refractivity contribution >= 4 is 0 Å². The second-order valence-corrected chi connectivity index (χ2v) is 2.69. The molecule has 2 rings (SSSR count). The molecule has 0 aromatic carbocycles. The van der Waals surface area contributed by atoms with E-state index in [0.29, 0.717) is 0 Å². The average Bonchev–Trinajstić information content (AvgIpc) is 2.67. The van der Waals surface area contributed by atoms with Crippen molar-refractivity contribution in [1.82, 2.24) is 14.8 Å². The van der Waals surface area contributed by atoms with Crippen molar-refractivity contribution in [2.45, 2.75) is 13.5 Å². The van der Waals surface area contributed by atoms with E-state index in [9.17, 15) is 0 Å². The van der Waals surface area contributed by atoms with Gasteiger partial charge in [-0.25, -0.2) is 0 Å². The molecule has 3 heteroatoms. The highest BCUT2D eigenvalue weighted by Gasteiger charge is 2.01. The summed E-state index contributed by atoms with van der Waals surface area (Å²) in [6, 6.07) is 7.64. The molecule has 0 aliphatic heterocycles. The number of rotatable bonds is 2. The Labute approximate surface area is 77.0 Å². The Kier molecular flexibility index (Phi) is 2.08. The Morgan fingerprint density at radius 3 is 2.92 bits per heavy atom. The van der Waals surface area contributed by atoms with Gasteiger partial charge in [0.15, 0.2) is 0 Å². The molecule has 0 fully saturated rings. The number of nitrogens with zero attached hydrogens (tertiary/aromatic N) is 3. The van der Waals surface area contributed by atoms with Gasteiger partial charge in [-0.2, -0.15) is 5.10 Å². The molecule has 0 aliphatic rings. The highest BCUT2D eigenvalue weighted by atomic mass is 15.3. The number of aryl methyl sites for hydroxylation is 1. The van der Waals surface area contributed by atoms with E-state index >= 15 is 0 Å². The molecule has 0 aliphatic carbocycles. The fourth-order valence-corrected chi connectivity index (χ4v) is 1.12. The fourth-order valence-electron chi connectivity index (χ4n) is 1.12. The Morgan fingerprint density at radius 2 is 2.31 bits per heavy atom. The SMILES string of the molecule is CCn1[c]cc(-c2ccccn2)n1. The van der Waals surface area contributed by atoms with Gasteiger partial charge in [0.25, 0.3) is 0 Å². The molecule has 13 heavy (non-hydrogen) atoms. The van der Waals surface area contributed by atoms with E-state index in [2.05, 4.69) is 16.3 Å². The highest BCUT2D eigenvalue weighted by Crippen LogP contribution is 2.11. The molecule has 2 aromatic heterocycles. The second-order valence-electron chi connectivity index (χ2n) is 2.69. The standard InChI is InChI=1S/C10H10N3/c1-2-13-8-6-10(12-13)9-5-3-4-7-11-9/h3-7H,2H2,1H3. The van der Waals surface area contributed by atoms with Gasteiger partial charge in [0.2, 0.25) is 0 Å². The lowest BCUT2D eigenvalue weighted by molar-refractivity contribution is 0.657. The molecule has 0 unspecified atom stereocenters. The van der Waals surface area contributed by atoms with Crippen LogP contribution in [0, 0.1) is 6.20 Å². The monoisotopic (exact) mass is 172 g/mol. The topological polar surface area (TPSA) is 30.7 Å². The van der Waals surface area contributed by atoms with Gasteiger partial charge in [-0.05, 0) is 25.1 Å². The first kappa shape index (κ1) is 7.98. The van der Waals surface area contributed by atoms with Crippen LogP contribution in [0.1, 0.15) is 6.92 Å². The largest absolute Gasteiger partial charge is 0.263 e. The van der Waals surface area contributed by atoms with E-state index in [1.165, 1.54) is 0 Å². The first-order chi connectivity index (χ1) is 6.40. The van der Waals surface area contributed by atoms with Crippen LogP contribution in [0.15, 0.2) is 30.5 Å². The molecule has 0 N–H and O–H groups in total. The van der Waals surface area contributed by atoms with E-state index in [4.69, 9.17) is 0 Å². The van der Waals surface area contributed by atoms with Crippen LogP contribution in [0.5, 0.6) is 0 Å². The van der Waals surface area contributed by atoms with E-state index in [1.54, 1.807) is 10.9 Å². The first-order valence-corrected chi connectivity index (χ1v) is 4.27. The summed E-state index contributed by atoms with van der Waals surface area (Å²) in [7, 11) is 0. The van der Waals surface area contributed by atoms with Gasteiger partial charge in [-0.1, -0.05) is 6.07 Å². The maximum atomic E-state index is 4.30. The second kappa shape index (κ2) is 3.39. The third-order valence-corrected chi connectivity index (χ3v) is 1.81. The molecule has 1 radical (unpaired) electrons. The normalized spacial score (nSPS) is 10.2. The molecule has 0 saturated carbocycles. The quantitative estimate of drug-likeness (QED) is 0.691. The maximum Gasteiger partial charge on any atom is 0.111 e. The summed E-state index contributed by atoms with van der Waals surface area (Å²) < 4.78 is 1.77. The zero-order valence-corrected chi connectivity index (χ0v) is 7.44. The van der Waals surface area contributed by atoms with Crippen LogP contribution in [0.4, 0.5) is 0 Å². The molecule has 0 atom stereocenters. The van der Waals surface area contributed by atoms with Crippen molar-refractivity contribution in [1.29, 1.82) is 0 Å². The maximum absolute atomic E-state index is 4.30. The highest BCUT2D eigenvalue weighted by molar-refractivity contribution is 5.52. The van der Waals surface area contributed by atoms with Crippen LogP contribution in [-0.4, -0.2) is 14.8 Å². The average molecular weight is 172 g/mol. The molecule has 3 nitrogen and oxygen atoms in total. The zero-order valence-electron chi connectivity index (χ0n) is 7.44. The summed E-state index contributed by atoms with van der Waals surface area (Å²) >= 11 is 0. The summed E-state index contributed by atoms with van der Waals surface area (Å²) in [6.45, 7) is 2.87. The summed E-state index contributed by atoms with van der Waals surface area (Å²) in [4.78, 5) is 4.20. The number of pyridine rings is 1. The molecule has 0 saturated heterocycles. The predicted octanol–water partition coefficient (Wildman–Crippen LogP) is 1.77. The van der Waals surface area contributed by atoms with Crippen molar-refractivity contribution in [3.8, 4) is 11.4 Å². The summed E-state index contributed by atoms with van der Waals surface area (Å²) in [5.74, 6) is 0. The lowest BCUT2D eigenvalue weighted by Gasteiger charge is -1.94.